The first-order chi connectivity index (χ1) is 11.7. The average molecular weight is 324 g/mol. The van der Waals surface area contributed by atoms with Crippen LogP contribution >= 0.6 is 0 Å². The number of fused-ring (bicyclic) bond motifs is 1. The zero-order valence-electron chi connectivity index (χ0n) is 13.1. The Balaban J connectivity index is 1.77. The van der Waals surface area contributed by atoms with Crippen LogP contribution in [0.5, 0.6) is 0 Å². The predicted octanol–water partition coefficient (Wildman–Crippen LogP) is 2.37. The molecular formula is C17H16N4O3. The number of benzene rings is 1. The predicted molar refractivity (Wildman–Crippen MR) is 87.6 cm³/mol. The van der Waals surface area contributed by atoms with E-state index in [-0.39, 0.29) is 6.03 Å². The summed E-state index contributed by atoms with van der Waals surface area (Å²) in [5.74, 6) is -0.394. The van der Waals surface area contributed by atoms with Crippen LogP contribution in [0.25, 0.3) is 10.9 Å². The van der Waals surface area contributed by atoms with E-state index in [2.05, 4.69) is 15.4 Å². The number of pyridine rings is 1. The zero-order valence-corrected chi connectivity index (χ0v) is 13.1. The number of hydrogen-bond donors (Lipinski definition) is 1. The van der Waals surface area contributed by atoms with Gasteiger partial charge < -0.3 is 10.1 Å². The maximum Gasteiger partial charge on any atom is 0.342 e. The summed E-state index contributed by atoms with van der Waals surface area (Å²) in [4.78, 5) is 28.0. The third kappa shape index (κ3) is 3.24. The molecule has 24 heavy (non-hydrogen) atoms. The Kier molecular flexibility index (Phi) is 4.51. The standard InChI is InChI=1S/C17H16N4O3/c1-2-24-16(22)13-3-4-15-14(9-13)11-20-21(15)17(23)19-10-12-5-7-18-8-6-12/h3-9,11H,2,10H2,1H3,(H,19,23). The number of ether oxygens (including phenoxy) is 1. The highest BCUT2D eigenvalue weighted by Crippen LogP contribution is 2.16. The summed E-state index contributed by atoms with van der Waals surface area (Å²) in [6.07, 6.45) is 4.88. The molecular weight excluding hydrogens is 308 g/mol. The molecule has 0 saturated heterocycles. The third-order valence-corrected chi connectivity index (χ3v) is 3.46. The molecule has 2 aromatic heterocycles. The van der Waals surface area contributed by atoms with Gasteiger partial charge in [0, 0.05) is 24.3 Å². The van der Waals surface area contributed by atoms with E-state index in [1.807, 2.05) is 12.1 Å². The minimum atomic E-state index is -0.394. The summed E-state index contributed by atoms with van der Waals surface area (Å²) in [6.45, 7) is 2.44. The van der Waals surface area contributed by atoms with Crippen LogP contribution in [0, 0.1) is 0 Å². The van der Waals surface area contributed by atoms with Gasteiger partial charge in [-0.2, -0.15) is 9.78 Å². The first-order valence-electron chi connectivity index (χ1n) is 7.51. The van der Waals surface area contributed by atoms with Gasteiger partial charge in [-0.25, -0.2) is 9.59 Å². The smallest absolute Gasteiger partial charge is 0.342 e. The molecule has 0 aliphatic carbocycles. The Morgan fingerprint density at radius 2 is 2.00 bits per heavy atom. The van der Waals surface area contributed by atoms with E-state index in [1.54, 1.807) is 43.7 Å². The van der Waals surface area contributed by atoms with Gasteiger partial charge in [0.1, 0.15) is 0 Å². The highest BCUT2D eigenvalue weighted by atomic mass is 16.5. The number of nitrogens with one attached hydrogen (secondary N) is 1. The lowest BCUT2D eigenvalue weighted by atomic mass is 10.1. The van der Waals surface area contributed by atoms with E-state index >= 15 is 0 Å². The van der Waals surface area contributed by atoms with Crippen molar-refractivity contribution in [2.45, 2.75) is 13.5 Å². The second-order valence-corrected chi connectivity index (χ2v) is 5.06. The number of carbonyl (C=O) groups is 2. The van der Waals surface area contributed by atoms with Crippen LogP contribution in [0.15, 0.2) is 48.9 Å². The zero-order chi connectivity index (χ0) is 16.9. The van der Waals surface area contributed by atoms with Crippen molar-refractivity contribution in [2.75, 3.05) is 6.61 Å². The molecule has 0 atom stereocenters. The van der Waals surface area contributed by atoms with Gasteiger partial charge in [-0.05, 0) is 42.8 Å². The Morgan fingerprint density at radius 3 is 2.75 bits per heavy atom. The van der Waals surface area contributed by atoms with Crippen LogP contribution < -0.4 is 5.32 Å². The summed E-state index contributed by atoms with van der Waals surface area (Å²) in [6, 6.07) is 8.27. The van der Waals surface area contributed by atoms with Gasteiger partial charge in [-0.15, -0.1) is 0 Å². The molecule has 7 heteroatoms. The molecule has 3 aromatic rings. The van der Waals surface area contributed by atoms with Gasteiger partial charge >= 0.3 is 12.0 Å². The number of esters is 1. The van der Waals surface area contributed by atoms with Gasteiger partial charge in [0.25, 0.3) is 0 Å². The largest absolute Gasteiger partial charge is 0.462 e. The van der Waals surface area contributed by atoms with Gasteiger partial charge in [0.05, 0.1) is 23.9 Å². The highest BCUT2D eigenvalue weighted by molar-refractivity contribution is 5.96. The molecule has 1 N–H and O–H groups in total. The van der Waals surface area contributed by atoms with Crippen molar-refractivity contribution in [2.24, 2.45) is 0 Å². The number of hydrogen-bond acceptors (Lipinski definition) is 5. The normalized spacial score (nSPS) is 10.5. The van der Waals surface area contributed by atoms with E-state index in [1.165, 1.54) is 4.68 Å². The molecule has 0 fully saturated rings. The summed E-state index contributed by atoms with van der Waals surface area (Å²) in [5, 5.41) is 7.58. The maximum atomic E-state index is 12.3. The van der Waals surface area contributed by atoms with Crippen LogP contribution in [0.1, 0.15) is 22.8 Å². The Bertz CT molecular complexity index is 874. The van der Waals surface area contributed by atoms with Crippen molar-refractivity contribution < 1.29 is 14.3 Å². The number of aromatic nitrogens is 3. The summed E-state index contributed by atoms with van der Waals surface area (Å²) >= 11 is 0. The molecule has 7 nitrogen and oxygen atoms in total. The van der Waals surface area contributed by atoms with Gasteiger partial charge in [-0.3, -0.25) is 4.98 Å². The first kappa shape index (κ1) is 15.7. The molecule has 3 rings (SSSR count). The van der Waals surface area contributed by atoms with Crippen molar-refractivity contribution in [3.05, 3.63) is 60.0 Å². The second-order valence-electron chi connectivity index (χ2n) is 5.06. The van der Waals surface area contributed by atoms with E-state index in [0.29, 0.717) is 29.6 Å². The molecule has 2 heterocycles. The SMILES string of the molecule is CCOC(=O)c1ccc2c(cnn2C(=O)NCc2ccncc2)c1. The minimum absolute atomic E-state index is 0.313. The summed E-state index contributed by atoms with van der Waals surface area (Å²) in [5.41, 5.74) is 2.00. The molecule has 0 saturated carbocycles. The number of carbonyl (C=O) groups excluding carboxylic acids is 2. The molecule has 122 valence electrons. The summed E-state index contributed by atoms with van der Waals surface area (Å²) in [7, 11) is 0. The van der Waals surface area contributed by atoms with Crippen LogP contribution in [-0.4, -0.2) is 33.4 Å². The van der Waals surface area contributed by atoms with Crippen LogP contribution in [0.2, 0.25) is 0 Å². The van der Waals surface area contributed by atoms with E-state index in [4.69, 9.17) is 4.74 Å². The Hall–Kier alpha value is -3.22. The van der Waals surface area contributed by atoms with Crippen molar-refractivity contribution in [1.29, 1.82) is 0 Å². The Morgan fingerprint density at radius 1 is 1.21 bits per heavy atom. The van der Waals surface area contributed by atoms with Gasteiger partial charge in [-0.1, -0.05) is 0 Å². The molecule has 0 bridgehead atoms. The Labute approximate surface area is 138 Å². The lowest BCUT2D eigenvalue weighted by molar-refractivity contribution is 0.0526. The van der Waals surface area contributed by atoms with Crippen molar-refractivity contribution in [3.8, 4) is 0 Å². The van der Waals surface area contributed by atoms with Crippen molar-refractivity contribution >= 4 is 22.9 Å². The molecule has 0 radical (unpaired) electrons. The molecule has 0 spiro atoms. The second kappa shape index (κ2) is 6.91. The molecule has 1 aromatic carbocycles. The molecule has 0 aliphatic heterocycles. The molecule has 0 unspecified atom stereocenters. The molecule has 1 amide bonds. The average Bonchev–Trinajstić information content (AvgIpc) is 3.04. The van der Waals surface area contributed by atoms with Gasteiger partial charge in [0.2, 0.25) is 0 Å². The van der Waals surface area contributed by atoms with Gasteiger partial charge in [0.15, 0.2) is 0 Å². The minimum Gasteiger partial charge on any atom is -0.462 e. The highest BCUT2D eigenvalue weighted by Gasteiger charge is 2.13. The number of amides is 1. The van der Waals surface area contributed by atoms with E-state index < -0.39 is 5.97 Å². The van der Waals surface area contributed by atoms with Crippen LogP contribution in [0.4, 0.5) is 4.79 Å². The van der Waals surface area contributed by atoms with E-state index in [0.717, 1.165) is 5.56 Å². The summed E-state index contributed by atoms with van der Waals surface area (Å²) < 4.78 is 6.24. The number of rotatable bonds is 4. The van der Waals surface area contributed by atoms with Crippen LogP contribution in [0.3, 0.4) is 0 Å². The lowest BCUT2D eigenvalue weighted by Gasteiger charge is -2.06. The van der Waals surface area contributed by atoms with Crippen molar-refractivity contribution in [1.82, 2.24) is 20.1 Å². The fraction of sp³-hybridized carbons (Fsp3) is 0.176. The fourth-order valence-corrected chi connectivity index (χ4v) is 2.29. The monoisotopic (exact) mass is 324 g/mol. The fourth-order valence-electron chi connectivity index (χ4n) is 2.29. The quantitative estimate of drug-likeness (QED) is 0.745. The molecule has 0 aliphatic rings. The van der Waals surface area contributed by atoms with Crippen LogP contribution in [-0.2, 0) is 11.3 Å². The maximum absolute atomic E-state index is 12.3. The lowest BCUT2D eigenvalue weighted by Crippen LogP contribution is -2.28. The van der Waals surface area contributed by atoms with E-state index in [9.17, 15) is 9.59 Å². The topological polar surface area (TPSA) is 86.1 Å². The van der Waals surface area contributed by atoms with Crippen molar-refractivity contribution in [3.63, 3.8) is 0 Å². The number of nitrogens with zero attached hydrogens (tertiary/aromatic N) is 3. The first-order valence-corrected chi connectivity index (χ1v) is 7.51. The third-order valence-electron chi connectivity index (χ3n) is 3.46.